The Morgan fingerprint density at radius 3 is 2.81 bits per heavy atom. The fraction of sp³-hybridized carbons (Fsp3) is 0.333. The summed E-state index contributed by atoms with van der Waals surface area (Å²) in [6.45, 7) is 2.61. The highest BCUT2D eigenvalue weighted by atomic mass is 32.2. The van der Waals surface area contributed by atoms with Crippen LogP contribution in [0.15, 0.2) is 28.6 Å². The van der Waals surface area contributed by atoms with Crippen molar-refractivity contribution < 1.29 is 9.84 Å². The largest absolute Gasteiger partial charge is 0.493 e. The molecule has 0 saturated heterocycles. The number of rotatable bonds is 6. The van der Waals surface area contributed by atoms with Crippen LogP contribution in [0.25, 0.3) is 0 Å². The number of ether oxygens (including phenoxy) is 1. The zero-order chi connectivity index (χ0) is 14.9. The highest BCUT2D eigenvalue weighted by Gasteiger charge is 2.01. The fourth-order valence-corrected chi connectivity index (χ4v) is 3.01. The number of aliphatic hydroxyl groups is 1. The van der Waals surface area contributed by atoms with Gasteiger partial charge in [-0.2, -0.15) is 4.37 Å². The molecule has 0 aliphatic carbocycles. The third-order valence-electron chi connectivity index (χ3n) is 2.41. The van der Waals surface area contributed by atoms with E-state index in [1.807, 2.05) is 31.2 Å². The SMILES string of the molecule is Cc1nsc(SCCOc2ccc(C#CCCO)cc2)n1. The summed E-state index contributed by atoms with van der Waals surface area (Å²) in [5.74, 6) is 8.36. The Hall–Kier alpha value is -1.55. The predicted octanol–water partition coefficient (Wildman–Crippen LogP) is 2.75. The Kier molecular flexibility index (Phi) is 6.54. The van der Waals surface area contributed by atoms with Gasteiger partial charge in [-0.15, -0.1) is 0 Å². The van der Waals surface area contributed by atoms with Crippen LogP contribution in [-0.4, -0.2) is 33.4 Å². The molecule has 0 saturated carbocycles. The quantitative estimate of drug-likeness (QED) is 0.504. The highest BCUT2D eigenvalue weighted by molar-refractivity contribution is 8.00. The van der Waals surface area contributed by atoms with Crippen LogP contribution < -0.4 is 4.74 Å². The van der Waals surface area contributed by atoms with Crippen molar-refractivity contribution in [3.8, 4) is 17.6 Å². The van der Waals surface area contributed by atoms with Gasteiger partial charge in [0.05, 0.1) is 13.2 Å². The minimum atomic E-state index is 0.0972. The lowest BCUT2D eigenvalue weighted by Crippen LogP contribution is -1.99. The van der Waals surface area contributed by atoms with Crippen molar-refractivity contribution in [2.24, 2.45) is 0 Å². The molecule has 0 unspecified atom stereocenters. The number of aromatic nitrogens is 2. The number of hydrogen-bond acceptors (Lipinski definition) is 6. The first kappa shape index (κ1) is 15.8. The van der Waals surface area contributed by atoms with Gasteiger partial charge in [0.25, 0.3) is 0 Å². The summed E-state index contributed by atoms with van der Waals surface area (Å²) in [7, 11) is 0. The van der Waals surface area contributed by atoms with Gasteiger partial charge in [0.1, 0.15) is 11.6 Å². The lowest BCUT2D eigenvalue weighted by Gasteiger charge is -2.04. The maximum absolute atomic E-state index is 8.66. The molecule has 6 heteroatoms. The standard InChI is InChI=1S/C15H16N2O2S2/c1-12-16-15(21-17-12)20-11-10-19-14-7-5-13(6-8-14)4-2-3-9-18/h5-8,18H,3,9-11H2,1H3. The van der Waals surface area contributed by atoms with E-state index in [1.54, 1.807) is 11.8 Å². The van der Waals surface area contributed by atoms with E-state index < -0.39 is 0 Å². The third kappa shape index (κ3) is 5.76. The molecule has 1 N–H and O–H groups in total. The van der Waals surface area contributed by atoms with Crippen LogP contribution in [0.2, 0.25) is 0 Å². The van der Waals surface area contributed by atoms with E-state index >= 15 is 0 Å². The molecule has 4 nitrogen and oxygen atoms in total. The van der Waals surface area contributed by atoms with Gasteiger partial charge < -0.3 is 9.84 Å². The molecule has 21 heavy (non-hydrogen) atoms. The smallest absolute Gasteiger partial charge is 0.170 e. The molecule has 1 aromatic carbocycles. The Bertz CT molecular complexity index is 615. The Balaban J connectivity index is 1.72. The van der Waals surface area contributed by atoms with Crippen molar-refractivity contribution in [3.05, 3.63) is 35.7 Å². The minimum Gasteiger partial charge on any atom is -0.493 e. The molecule has 2 aromatic rings. The number of nitrogens with zero attached hydrogens (tertiary/aromatic N) is 2. The summed E-state index contributed by atoms with van der Waals surface area (Å²) in [5.41, 5.74) is 0.925. The van der Waals surface area contributed by atoms with Crippen LogP contribution in [0, 0.1) is 18.8 Å². The lowest BCUT2D eigenvalue weighted by atomic mass is 10.2. The van der Waals surface area contributed by atoms with E-state index in [9.17, 15) is 0 Å². The van der Waals surface area contributed by atoms with E-state index in [4.69, 9.17) is 9.84 Å². The molecular formula is C15H16N2O2S2. The molecule has 1 heterocycles. The second kappa shape index (κ2) is 8.67. The summed E-state index contributed by atoms with van der Waals surface area (Å²) in [5, 5.41) is 8.66. The molecular weight excluding hydrogens is 304 g/mol. The van der Waals surface area contributed by atoms with Crippen LogP contribution >= 0.6 is 23.3 Å². The van der Waals surface area contributed by atoms with Crippen molar-refractivity contribution in [3.63, 3.8) is 0 Å². The van der Waals surface area contributed by atoms with Gasteiger partial charge in [-0.3, -0.25) is 0 Å². The lowest BCUT2D eigenvalue weighted by molar-refractivity contribution is 0.305. The van der Waals surface area contributed by atoms with Gasteiger partial charge in [0.15, 0.2) is 4.34 Å². The van der Waals surface area contributed by atoms with Gasteiger partial charge in [0, 0.05) is 17.7 Å². The molecule has 0 fully saturated rings. The van der Waals surface area contributed by atoms with Gasteiger partial charge in [-0.25, -0.2) is 4.98 Å². The molecule has 110 valence electrons. The number of hydrogen-bond donors (Lipinski definition) is 1. The zero-order valence-corrected chi connectivity index (χ0v) is 13.3. The van der Waals surface area contributed by atoms with Crippen LogP contribution in [-0.2, 0) is 0 Å². The fourth-order valence-electron chi connectivity index (χ4n) is 1.48. The number of aryl methyl sites for hydroxylation is 1. The van der Waals surface area contributed by atoms with E-state index in [0.29, 0.717) is 13.0 Å². The Morgan fingerprint density at radius 2 is 2.14 bits per heavy atom. The number of benzene rings is 1. The predicted molar refractivity (Wildman–Crippen MR) is 85.9 cm³/mol. The monoisotopic (exact) mass is 320 g/mol. The van der Waals surface area contributed by atoms with Crippen LogP contribution in [0.3, 0.4) is 0 Å². The average molecular weight is 320 g/mol. The first-order valence-corrected chi connectivity index (χ1v) is 8.29. The highest BCUT2D eigenvalue weighted by Crippen LogP contribution is 2.20. The van der Waals surface area contributed by atoms with Gasteiger partial charge >= 0.3 is 0 Å². The maximum atomic E-state index is 8.66. The second-order valence-electron chi connectivity index (χ2n) is 4.10. The van der Waals surface area contributed by atoms with Crippen molar-refractivity contribution in [1.29, 1.82) is 0 Å². The van der Waals surface area contributed by atoms with Crippen molar-refractivity contribution in [2.45, 2.75) is 17.7 Å². The molecule has 0 amide bonds. The molecule has 1 aromatic heterocycles. The van der Waals surface area contributed by atoms with Gasteiger partial charge in [-0.05, 0) is 42.7 Å². The van der Waals surface area contributed by atoms with Gasteiger partial charge in [0.2, 0.25) is 0 Å². The number of thioether (sulfide) groups is 1. The summed E-state index contributed by atoms with van der Waals surface area (Å²) in [6, 6.07) is 7.65. The molecule has 2 rings (SSSR count). The normalized spacial score (nSPS) is 10.0. The summed E-state index contributed by atoms with van der Waals surface area (Å²) in [6.07, 6.45) is 0.501. The van der Waals surface area contributed by atoms with E-state index in [2.05, 4.69) is 21.2 Å². The van der Waals surface area contributed by atoms with Crippen molar-refractivity contribution >= 4 is 23.3 Å². The Labute approximate surface area is 132 Å². The Morgan fingerprint density at radius 1 is 1.33 bits per heavy atom. The van der Waals surface area contributed by atoms with Crippen LogP contribution in [0.4, 0.5) is 0 Å². The molecule has 0 spiro atoms. The average Bonchev–Trinajstić information content (AvgIpc) is 2.91. The molecule has 0 aliphatic rings. The molecule has 0 atom stereocenters. The van der Waals surface area contributed by atoms with E-state index in [1.165, 1.54) is 11.5 Å². The van der Waals surface area contributed by atoms with E-state index in [0.717, 1.165) is 27.2 Å². The molecule has 0 aliphatic heterocycles. The van der Waals surface area contributed by atoms with Crippen molar-refractivity contribution in [1.82, 2.24) is 9.36 Å². The zero-order valence-electron chi connectivity index (χ0n) is 11.7. The van der Waals surface area contributed by atoms with Crippen LogP contribution in [0.1, 0.15) is 17.8 Å². The van der Waals surface area contributed by atoms with Crippen molar-refractivity contribution in [2.75, 3.05) is 19.0 Å². The topological polar surface area (TPSA) is 55.2 Å². The first-order chi connectivity index (χ1) is 10.3. The van der Waals surface area contributed by atoms with Crippen LogP contribution in [0.5, 0.6) is 5.75 Å². The third-order valence-corrected chi connectivity index (χ3v) is 4.30. The maximum Gasteiger partial charge on any atom is 0.170 e. The summed E-state index contributed by atoms with van der Waals surface area (Å²) >= 11 is 3.07. The number of aliphatic hydroxyl groups excluding tert-OH is 1. The molecule has 0 bridgehead atoms. The minimum absolute atomic E-state index is 0.0972. The summed E-state index contributed by atoms with van der Waals surface area (Å²) in [4.78, 5) is 4.28. The molecule has 0 radical (unpaired) electrons. The summed E-state index contributed by atoms with van der Waals surface area (Å²) < 4.78 is 10.8. The second-order valence-corrected chi connectivity index (χ2v) is 6.20. The first-order valence-electron chi connectivity index (χ1n) is 6.53. The van der Waals surface area contributed by atoms with Gasteiger partial charge in [-0.1, -0.05) is 23.6 Å². The van der Waals surface area contributed by atoms with E-state index in [-0.39, 0.29) is 6.61 Å².